The molecule has 0 bridgehead atoms. The van der Waals surface area contributed by atoms with Crippen LogP contribution in [0.1, 0.15) is 60.4 Å². The number of hydrogen-bond acceptors (Lipinski definition) is 5. The normalized spacial score (nSPS) is 16.9. The third kappa shape index (κ3) is 5.93. The van der Waals surface area contributed by atoms with Crippen molar-refractivity contribution < 1.29 is 31.9 Å². The van der Waals surface area contributed by atoms with Crippen molar-refractivity contribution in [2.24, 2.45) is 0 Å². The summed E-state index contributed by atoms with van der Waals surface area (Å²) in [5.41, 5.74) is -0.787. The van der Waals surface area contributed by atoms with E-state index < -0.39 is 28.9 Å². The van der Waals surface area contributed by atoms with Gasteiger partial charge in [-0.1, -0.05) is 73.5 Å². The molecule has 3 amide bonds. The van der Waals surface area contributed by atoms with Crippen molar-refractivity contribution in [2.45, 2.75) is 57.7 Å². The molecule has 3 aromatic carbocycles. The van der Waals surface area contributed by atoms with Crippen molar-refractivity contribution in [3.05, 3.63) is 111 Å². The number of unbranched alkanes of at least 4 members (excludes halogenated alkanes) is 2. The van der Waals surface area contributed by atoms with E-state index in [0.29, 0.717) is 60.6 Å². The van der Waals surface area contributed by atoms with Gasteiger partial charge in [0.25, 0.3) is 5.91 Å². The van der Waals surface area contributed by atoms with Gasteiger partial charge in [-0.2, -0.15) is 13.2 Å². The van der Waals surface area contributed by atoms with Crippen molar-refractivity contribution in [3.8, 4) is 5.75 Å². The molecule has 0 spiro atoms. The van der Waals surface area contributed by atoms with Crippen LogP contribution in [0.15, 0.2) is 82.0 Å². The Balaban J connectivity index is 1.25. The SMILES string of the molecule is CCCc1c(OCCCCCN2C(=O)NC(c3ccccc3)(c3cccc(C)c3)C2=O)ccc2c(C(F)(F)F)cc(=O)oc12. The molecule has 5 rings (SSSR count). The third-order valence-corrected chi connectivity index (χ3v) is 7.82. The number of fused-ring (bicyclic) bond motifs is 1. The Morgan fingerprint density at radius 2 is 1.66 bits per heavy atom. The summed E-state index contributed by atoms with van der Waals surface area (Å²) in [6.07, 6.45) is -1.99. The Morgan fingerprint density at radius 1 is 0.909 bits per heavy atom. The monoisotopic (exact) mass is 606 g/mol. The van der Waals surface area contributed by atoms with E-state index in [1.54, 1.807) is 0 Å². The lowest BCUT2D eigenvalue weighted by Crippen LogP contribution is -2.45. The number of alkyl halides is 3. The van der Waals surface area contributed by atoms with Crippen LogP contribution < -0.4 is 15.7 Å². The summed E-state index contributed by atoms with van der Waals surface area (Å²) in [5, 5.41) is 2.78. The smallest absolute Gasteiger partial charge is 0.417 e. The number of rotatable bonds is 11. The maximum Gasteiger partial charge on any atom is 0.417 e. The fraction of sp³-hybridized carbons (Fsp3) is 0.324. The number of carbonyl (C=O) groups excluding carboxylic acids is 2. The van der Waals surface area contributed by atoms with Crippen molar-refractivity contribution in [3.63, 3.8) is 0 Å². The Morgan fingerprint density at radius 3 is 2.36 bits per heavy atom. The zero-order valence-electron chi connectivity index (χ0n) is 24.5. The number of nitrogens with one attached hydrogen (secondary N) is 1. The summed E-state index contributed by atoms with van der Waals surface area (Å²) in [6.45, 7) is 4.27. The first kappa shape index (κ1) is 30.8. The van der Waals surface area contributed by atoms with Crippen LogP contribution in [-0.4, -0.2) is 30.0 Å². The summed E-state index contributed by atoms with van der Waals surface area (Å²) < 4.78 is 51.9. The average Bonchev–Trinajstić information content (AvgIpc) is 3.25. The lowest BCUT2D eigenvalue weighted by Gasteiger charge is -2.28. The van der Waals surface area contributed by atoms with E-state index in [1.807, 2.05) is 68.4 Å². The molecule has 230 valence electrons. The van der Waals surface area contributed by atoms with Crippen molar-refractivity contribution in [1.29, 1.82) is 0 Å². The molecule has 1 N–H and O–H groups in total. The van der Waals surface area contributed by atoms with E-state index in [0.717, 1.165) is 5.56 Å². The maximum atomic E-state index is 13.9. The highest BCUT2D eigenvalue weighted by atomic mass is 19.4. The van der Waals surface area contributed by atoms with Crippen LogP contribution in [0.4, 0.5) is 18.0 Å². The summed E-state index contributed by atoms with van der Waals surface area (Å²) in [4.78, 5) is 40.2. The van der Waals surface area contributed by atoms with E-state index >= 15 is 0 Å². The van der Waals surface area contributed by atoms with Crippen LogP contribution >= 0.6 is 0 Å². The summed E-state index contributed by atoms with van der Waals surface area (Å²) in [6, 6.07) is 19.5. The van der Waals surface area contributed by atoms with Gasteiger partial charge < -0.3 is 14.5 Å². The second kappa shape index (κ2) is 12.6. The molecule has 7 nitrogen and oxygen atoms in total. The lowest BCUT2D eigenvalue weighted by molar-refractivity contribution is -0.136. The highest BCUT2D eigenvalue weighted by Crippen LogP contribution is 2.38. The fourth-order valence-electron chi connectivity index (χ4n) is 5.75. The molecule has 1 fully saturated rings. The number of amides is 3. The van der Waals surface area contributed by atoms with Gasteiger partial charge in [0.15, 0.2) is 5.54 Å². The van der Waals surface area contributed by atoms with Crippen LogP contribution in [0.2, 0.25) is 0 Å². The molecule has 1 aromatic heterocycles. The number of aryl methyl sites for hydroxylation is 2. The number of carbonyl (C=O) groups is 2. The average molecular weight is 607 g/mol. The van der Waals surface area contributed by atoms with Gasteiger partial charge in [-0.25, -0.2) is 9.59 Å². The predicted octanol–water partition coefficient (Wildman–Crippen LogP) is 7.12. The summed E-state index contributed by atoms with van der Waals surface area (Å²) in [5.74, 6) is 0.0253. The first-order chi connectivity index (χ1) is 21.1. The highest BCUT2D eigenvalue weighted by molar-refractivity contribution is 6.09. The largest absolute Gasteiger partial charge is 0.493 e. The molecule has 4 aromatic rings. The highest BCUT2D eigenvalue weighted by Gasteiger charge is 2.53. The second-order valence-corrected chi connectivity index (χ2v) is 10.9. The van der Waals surface area contributed by atoms with E-state index in [-0.39, 0.29) is 30.0 Å². The van der Waals surface area contributed by atoms with Crippen LogP contribution in [0.25, 0.3) is 11.0 Å². The maximum absolute atomic E-state index is 13.9. The standard InChI is InChI=1S/C34H33F3N2O5/c1-3-11-26-28(17-16-25-27(34(35,36)37)21-29(40)44-30(25)26)43-19-9-5-8-18-39-31(41)33(38-32(39)42,23-13-6-4-7-14-23)24-15-10-12-22(2)20-24/h4,6-7,10,12-17,20-21H,3,5,8-9,11,18-19H2,1-2H3,(H,38,42). The predicted molar refractivity (Wildman–Crippen MR) is 159 cm³/mol. The molecular weight excluding hydrogens is 573 g/mol. The molecule has 44 heavy (non-hydrogen) atoms. The molecule has 1 unspecified atom stereocenters. The minimum absolute atomic E-state index is 0.113. The quantitative estimate of drug-likeness (QED) is 0.112. The Hall–Kier alpha value is -4.60. The van der Waals surface area contributed by atoms with Crippen LogP contribution in [-0.2, 0) is 22.9 Å². The molecular formula is C34H33F3N2O5. The number of halogens is 3. The second-order valence-electron chi connectivity index (χ2n) is 10.9. The van der Waals surface area contributed by atoms with Gasteiger partial charge in [-0.3, -0.25) is 9.69 Å². The van der Waals surface area contributed by atoms with Gasteiger partial charge in [0.2, 0.25) is 0 Å². The topological polar surface area (TPSA) is 88.9 Å². The first-order valence-corrected chi connectivity index (χ1v) is 14.6. The van der Waals surface area contributed by atoms with Crippen LogP contribution in [0.5, 0.6) is 5.75 Å². The number of imide groups is 1. The van der Waals surface area contributed by atoms with E-state index in [1.165, 1.54) is 17.0 Å². The summed E-state index contributed by atoms with van der Waals surface area (Å²) in [7, 11) is 0. The lowest BCUT2D eigenvalue weighted by atomic mass is 9.82. The number of urea groups is 1. The number of benzene rings is 3. The van der Waals surface area contributed by atoms with Crippen LogP contribution in [0, 0.1) is 6.92 Å². The summed E-state index contributed by atoms with van der Waals surface area (Å²) >= 11 is 0. The molecule has 1 atom stereocenters. The van der Waals surface area contributed by atoms with Gasteiger partial charge in [-0.05, 0) is 55.9 Å². The van der Waals surface area contributed by atoms with Crippen molar-refractivity contribution >= 4 is 22.9 Å². The van der Waals surface area contributed by atoms with Crippen molar-refractivity contribution in [2.75, 3.05) is 13.2 Å². The van der Waals surface area contributed by atoms with Crippen LogP contribution in [0.3, 0.4) is 0 Å². The van der Waals surface area contributed by atoms with Gasteiger partial charge in [-0.15, -0.1) is 0 Å². The Labute approximate surface area is 252 Å². The Kier molecular flexibility index (Phi) is 8.80. The zero-order valence-corrected chi connectivity index (χ0v) is 24.5. The van der Waals surface area contributed by atoms with Gasteiger partial charge in [0.05, 0.1) is 12.2 Å². The number of ether oxygens (including phenoxy) is 1. The number of nitrogens with zero attached hydrogens (tertiary/aromatic N) is 1. The molecule has 1 saturated heterocycles. The molecule has 0 radical (unpaired) electrons. The zero-order chi connectivity index (χ0) is 31.5. The molecule has 0 aliphatic carbocycles. The molecule has 2 heterocycles. The van der Waals surface area contributed by atoms with Gasteiger partial charge in [0.1, 0.15) is 11.3 Å². The minimum Gasteiger partial charge on any atom is -0.493 e. The van der Waals surface area contributed by atoms with Gasteiger partial charge >= 0.3 is 17.8 Å². The third-order valence-electron chi connectivity index (χ3n) is 7.82. The Bertz CT molecular complexity index is 1730. The van der Waals surface area contributed by atoms with E-state index in [9.17, 15) is 27.6 Å². The fourth-order valence-corrected chi connectivity index (χ4v) is 5.75. The number of hydrogen-bond donors (Lipinski definition) is 1. The molecule has 1 aliphatic rings. The van der Waals surface area contributed by atoms with Crippen molar-refractivity contribution in [1.82, 2.24) is 10.2 Å². The van der Waals surface area contributed by atoms with E-state index in [4.69, 9.17) is 9.15 Å². The first-order valence-electron chi connectivity index (χ1n) is 14.6. The van der Waals surface area contributed by atoms with Gasteiger partial charge in [0, 0.05) is 23.6 Å². The van der Waals surface area contributed by atoms with E-state index in [2.05, 4.69) is 5.32 Å². The minimum atomic E-state index is -4.70. The molecule has 0 saturated carbocycles. The molecule has 10 heteroatoms. The molecule has 1 aliphatic heterocycles.